The Hall–Kier alpha value is -8.71. The summed E-state index contributed by atoms with van der Waals surface area (Å²) in [5, 5.41) is 6.05. The van der Waals surface area contributed by atoms with E-state index < -0.39 is 24.2 Å². The van der Waals surface area contributed by atoms with Crippen LogP contribution in [0, 0.1) is 111 Å². The van der Waals surface area contributed by atoms with Gasteiger partial charge in [0, 0.05) is 18.9 Å². The van der Waals surface area contributed by atoms with Crippen LogP contribution in [0.25, 0.3) is 22.3 Å². The molecule has 0 fully saturated rings. The first-order chi connectivity index (χ1) is 49.1. The first-order valence-electron chi connectivity index (χ1n) is 38.0. The maximum absolute atomic E-state index is 2.43. The zero-order valence-corrected chi connectivity index (χ0v) is 72.9. The summed E-state index contributed by atoms with van der Waals surface area (Å²) in [6.45, 7) is 62.4. The number of benzene rings is 12. The molecule has 2 aliphatic rings. The second kappa shape index (κ2) is 38.0. The molecule has 12 aromatic carbocycles. The fourth-order valence-corrected chi connectivity index (χ4v) is 18.1. The lowest BCUT2D eigenvalue weighted by atomic mass is 9.81. The minimum atomic E-state index is -1.52. The average molecular weight is 1440 g/mol. The fraction of sp³-hybridized carbons (Fsp3) is 0.294. The summed E-state index contributed by atoms with van der Waals surface area (Å²) in [6, 6.07) is 97.2. The molecule has 0 unspecified atom stereocenters. The number of hydrogen-bond donors (Lipinski definition) is 0. The van der Waals surface area contributed by atoms with Crippen LogP contribution in [0.5, 0.6) is 0 Å². The first kappa shape index (κ1) is 85.2. The Morgan fingerprint density at radius 3 is 0.629 bits per heavy atom. The third kappa shape index (κ3) is 25.8. The maximum atomic E-state index is 2.43. The van der Waals surface area contributed by atoms with Gasteiger partial charge in [0.2, 0.25) is 0 Å². The Labute approximate surface area is 642 Å². The van der Waals surface area contributed by atoms with Crippen LogP contribution in [0.4, 0.5) is 0 Å². The highest BCUT2D eigenvalue weighted by Crippen LogP contribution is 2.50. The van der Waals surface area contributed by atoms with Crippen molar-refractivity contribution < 1.29 is 0 Å². The number of aryl methyl sites for hydroxylation is 16. The van der Waals surface area contributed by atoms with E-state index in [0.717, 1.165) is 0 Å². The molecule has 0 N–H and O–H groups in total. The van der Waals surface area contributed by atoms with Gasteiger partial charge >= 0.3 is 0 Å². The van der Waals surface area contributed by atoms with Gasteiger partial charge in [-0.1, -0.05) is 457 Å². The predicted molar refractivity (Wildman–Crippen MR) is 478 cm³/mol. The second-order valence-electron chi connectivity index (χ2n) is 33.8. The van der Waals surface area contributed by atoms with Crippen molar-refractivity contribution in [1.82, 2.24) is 0 Å². The summed E-state index contributed by atoms with van der Waals surface area (Å²) in [6.07, 6.45) is 0. The molecular weight excluding hydrogens is 1310 g/mol. The van der Waals surface area contributed by atoms with E-state index in [2.05, 4.69) is 458 Å². The molecule has 0 nitrogen and oxygen atoms in total. The molecule has 0 saturated heterocycles. The van der Waals surface area contributed by atoms with Crippen molar-refractivity contribution in [3.63, 3.8) is 0 Å². The van der Waals surface area contributed by atoms with E-state index in [-0.39, 0.29) is 10.8 Å². The summed E-state index contributed by atoms with van der Waals surface area (Å²) >= 11 is 0. The van der Waals surface area contributed by atoms with Gasteiger partial charge in [0.1, 0.15) is 16.1 Å². The van der Waals surface area contributed by atoms with Gasteiger partial charge in [0.25, 0.3) is 0 Å². The molecule has 3 heteroatoms. The zero-order chi connectivity index (χ0) is 77.8. The Kier molecular flexibility index (Phi) is 30.9. The lowest BCUT2D eigenvalue weighted by Gasteiger charge is -2.24. The average Bonchev–Trinajstić information content (AvgIpc) is 1.58. The quantitative estimate of drug-likeness (QED) is 0.154. The molecule has 0 radical (unpaired) electrons. The van der Waals surface area contributed by atoms with Crippen LogP contribution in [0.2, 0.25) is 52.4 Å². The van der Waals surface area contributed by atoms with E-state index in [0.29, 0.717) is 0 Å². The Balaban J connectivity index is 0.000000190. The van der Waals surface area contributed by atoms with E-state index in [1.165, 1.54) is 154 Å². The highest BCUT2D eigenvalue weighted by Gasteiger charge is 2.36. The molecule has 548 valence electrons. The van der Waals surface area contributed by atoms with Gasteiger partial charge in [-0.05, 0) is 155 Å². The van der Waals surface area contributed by atoms with Gasteiger partial charge in [0.05, 0.1) is 0 Å². The molecule has 0 bridgehead atoms. The molecule has 0 aromatic heterocycles. The topological polar surface area (TPSA) is 0 Å². The third-order valence-electron chi connectivity index (χ3n) is 19.8. The molecule has 0 saturated carbocycles. The molecular formula is C102H128Si3. The van der Waals surface area contributed by atoms with Crippen LogP contribution in [0.15, 0.2) is 267 Å². The van der Waals surface area contributed by atoms with Gasteiger partial charge < -0.3 is 0 Å². The number of hydrogen-bond acceptors (Lipinski definition) is 0. The van der Waals surface area contributed by atoms with Crippen molar-refractivity contribution in [3.05, 3.63) is 378 Å². The van der Waals surface area contributed by atoms with E-state index in [9.17, 15) is 0 Å². The summed E-state index contributed by atoms with van der Waals surface area (Å²) in [5.74, 6) is 0. The van der Waals surface area contributed by atoms with Gasteiger partial charge in [0.15, 0.2) is 0 Å². The lowest BCUT2D eigenvalue weighted by Crippen LogP contribution is -2.52. The van der Waals surface area contributed by atoms with Gasteiger partial charge in [-0.15, -0.1) is 0 Å². The predicted octanol–water partition coefficient (Wildman–Crippen LogP) is 26.6. The molecule has 105 heavy (non-hydrogen) atoms. The Morgan fingerprint density at radius 2 is 0.371 bits per heavy atom. The van der Waals surface area contributed by atoms with Crippen LogP contribution in [-0.2, 0) is 10.8 Å². The van der Waals surface area contributed by atoms with Crippen LogP contribution in [-0.4, -0.2) is 24.2 Å². The molecule has 0 amide bonds. The lowest BCUT2D eigenvalue weighted by molar-refractivity contribution is 0.659. The highest BCUT2D eigenvalue weighted by molar-refractivity contribution is 7.01. The fourth-order valence-electron chi connectivity index (χ4n) is 13.2. The highest BCUT2D eigenvalue weighted by atomic mass is 28.3. The largest absolute Gasteiger partial charge is 0.112 e. The summed E-state index contributed by atoms with van der Waals surface area (Å²) < 4.78 is 0. The van der Waals surface area contributed by atoms with Crippen molar-refractivity contribution >= 4 is 45.0 Å². The molecule has 0 heterocycles. The Morgan fingerprint density at radius 1 is 0.171 bits per heavy atom. The molecule has 0 atom stereocenters. The van der Waals surface area contributed by atoms with Crippen LogP contribution in [0.3, 0.4) is 0 Å². The Bertz CT molecular complexity index is 4340. The van der Waals surface area contributed by atoms with Gasteiger partial charge in [-0.3, -0.25) is 0 Å². The normalized spacial score (nSPS) is 12.2. The van der Waals surface area contributed by atoms with Crippen molar-refractivity contribution in [3.8, 4) is 22.3 Å². The van der Waals surface area contributed by atoms with E-state index in [4.69, 9.17) is 0 Å². The number of rotatable bonds is 4. The third-order valence-corrected chi connectivity index (χ3v) is 26.8. The molecule has 12 aromatic rings. The van der Waals surface area contributed by atoms with Gasteiger partial charge in [-0.25, -0.2) is 0 Å². The SMILES string of the molecule is C[Si](C)(C)C.Cc1ccc(C)cc1.Cc1ccc(C)cc1.Cc1ccc([Si](C)(C)c2ccc(C)cc2)cc1.Cc1ccc2c(c1)-c1cc(C)ccc1C2(C)C.Cc1ccc2c(c1)C(C)(C)c1cc(C)ccc1-2.Cc1cccc(C)c1.Cc1cccc(C)c1.Cc1cccc([Si](C)(C)c2cccc(C)c2)c1. The zero-order valence-electron chi connectivity index (χ0n) is 69.9. The van der Waals surface area contributed by atoms with Crippen LogP contribution in [0.1, 0.15) is 139 Å². The maximum Gasteiger partial charge on any atom is 0.112 e. The van der Waals surface area contributed by atoms with Gasteiger partial charge in [-0.2, -0.15) is 0 Å². The number of fused-ring (bicyclic) bond motifs is 6. The summed E-state index contributed by atoms with van der Waals surface area (Å²) in [4.78, 5) is 0. The summed E-state index contributed by atoms with van der Waals surface area (Å²) in [5.41, 5.74) is 33.3. The molecule has 0 spiro atoms. The van der Waals surface area contributed by atoms with Crippen LogP contribution >= 0.6 is 0 Å². The smallest absolute Gasteiger partial charge is 0.0697 e. The standard InChI is InChI=1S/2C17H18.2C16H20Si.4C8H10.C4H12Si/c1-11-5-7-15-13(9-11)14-10-12(2)6-8-16(14)17(15,3)4;1-11-5-7-13-14-8-6-12(2)10-16(14)17(3,4)15(13)9-11;1-13-5-9-15(10-6-13)17(3,4)16-11-7-14(2)8-12-16;1-13-7-5-9-15(11-13)17(3,4)16-10-6-8-14(2)12-16;2*1-7-3-5-8(2)6-4-7;2*1-7-4-3-5-8(2)6-7;1-5(2,3)4/h2*5-10H,1-4H3;2*5-12H,1-4H3;4*3-6H,1-2H3;1-4H3. The minimum absolute atomic E-state index is 0.142. The molecule has 14 rings (SSSR count). The first-order valence-corrected chi connectivity index (χ1v) is 48.0. The van der Waals surface area contributed by atoms with E-state index >= 15 is 0 Å². The van der Waals surface area contributed by atoms with Crippen molar-refractivity contribution in [1.29, 1.82) is 0 Å². The summed E-state index contributed by atoms with van der Waals surface area (Å²) in [7, 11) is -3.63. The van der Waals surface area contributed by atoms with Crippen LogP contribution < -0.4 is 20.7 Å². The van der Waals surface area contributed by atoms with Crippen molar-refractivity contribution in [2.45, 2.75) is 202 Å². The minimum Gasteiger partial charge on any atom is -0.0697 e. The van der Waals surface area contributed by atoms with Crippen molar-refractivity contribution in [2.75, 3.05) is 0 Å². The molecule has 0 aliphatic heterocycles. The second-order valence-corrected chi connectivity index (χ2v) is 48.6. The van der Waals surface area contributed by atoms with E-state index in [1.807, 2.05) is 0 Å². The molecule has 2 aliphatic carbocycles. The van der Waals surface area contributed by atoms with E-state index in [1.54, 1.807) is 0 Å². The monoisotopic (exact) mass is 1440 g/mol. The van der Waals surface area contributed by atoms with Crippen molar-refractivity contribution in [2.24, 2.45) is 0 Å².